The standard InChI is InChI=1S/C16H20N4O2/c1-9-16(10(2)22-20-9)11-3-5-14(13(17)7-11)19-12-4-6-15(21)18-8-12/h3,5,7,12,19H,4,6,8,17H2,1-2H3,(H,18,21). The van der Waals surface area contributed by atoms with E-state index in [0.29, 0.717) is 18.7 Å². The number of nitrogen functional groups attached to an aromatic ring is 1. The average Bonchev–Trinajstić information content (AvgIpc) is 2.83. The molecule has 1 aromatic heterocycles. The SMILES string of the molecule is Cc1noc(C)c1-c1ccc(NC2CCC(=O)NC2)c(N)c1. The Morgan fingerprint density at radius 1 is 1.41 bits per heavy atom. The van der Waals surface area contributed by atoms with Gasteiger partial charge in [0, 0.05) is 24.6 Å². The van der Waals surface area contributed by atoms with Crippen LogP contribution in [0.5, 0.6) is 0 Å². The van der Waals surface area contributed by atoms with Gasteiger partial charge in [0.15, 0.2) is 0 Å². The Morgan fingerprint density at radius 3 is 2.82 bits per heavy atom. The summed E-state index contributed by atoms with van der Waals surface area (Å²) in [6, 6.07) is 6.11. The van der Waals surface area contributed by atoms with Gasteiger partial charge >= 0.3 is 0 Å². The maximum Gasteiger partial charge on any atom is 0.220 e. The van der Waals surface area contributed by atoms with Crippen LogP contribution in [0.25, 0.3) is 11.1 Å². The van der Waals surface area contributed by atoms with Crippen LogP contribution in [0.2, 0.25) is 0 Å². The van der Waals surface area contributed by atoms with Gasteiger partial charge in [-0.2, -0.15) is 0 Å². The highest BCUT2D eigenvalue weighted by atomic mass is 16.5. The molecule has 1 atom stereocenters. The fourth-order valence-electron chi connectivity index (χ4n) is 2.82. The molecule has 0 radical (unpaired) electrons. The number of aromatic nitrogens is 1. The van der Waals surface area contributed by atoms with Gasteiger partial charge < -0.3 is 20.9 Å². The number of benzene rings is 1. The van der Waals surface area contributed by atoms with Gasteiger partial charge in [0.25, 0.3) is 0 Å². The van der Waals surface area contributed by atoms with E-state index in [1.807, 2.05) is 32.0 Å². The molecule has 1 amide bonds. The lowest BCUT2D eigenvalue weighted by Crippen LogP contribution is -2.41. The number of carbonyl (C=O) groups excluding carboxylic acids is 1. The number of nitrogens with two attached hydrogens (primary N) is 1. The summed E-state index contributed by atoms with van der Waals surface area (Å²) in [5.41, 5.74) is 10.6. The second kappa shape index (κ2) is 5.71. The third-order valence-electron chi connectivity index (χ3n) is 4.00. The van der Waals surface area contributed by atoms with Crippen molar-refractivity contribution in [3.8, 4) is 11.1 Å². The van der Waals surface area contributed by atoms with Gasteiger partial charge in [0.05, 0.1) is 17.1 Å². The molecule has 1 unspecified atom stereocenters. The minimum Gasteiger partial charge on any atom is -0.397 e. The number of nitrogens with zero attached hydrogens (tertiary/aromatic N) is 1. The molecule has 1 aromatic carbocycles. The lowest BCUT2D eigenvalue weighted by Gasteiger charge is -2.25. The summed E-state index contributed by atoms with van der Waals surface area (Å²) in [7, 11) is 0. The van der Waals surface area contributed by atoms with E-state index >= 15 is 0 Å². The van der Waals surface area contributed by atoms with Gasteiger partial charge in [-0.05, 0) is 38.0 Å². The predicted octanol–water partition coefficient (Wildman–Crippen LogP) is 2.23. The van der Waals surface area contributed by atoms with Crippen molar-refractivity contribution in [2.75, 3.05) is 17.6 Å². The minimum absolute atomic E-state index is 0.111. The molecule has 2 heterocycles. The van der Waals surface area contributed by atoms with E-state index in [2.05, 4.69) is 15.8 Å². The van der Waals surface area contributed by atoms with Gasteiger partial charge in [-0.25, -0.2) is 0 Å². The summed E-state index contributed by atoms with van der Waals surface area (Å²) >= 11 is 0. The number of anilines is 2. The zero-order valence-corrected chi connectivity index (χ0v) is 12.8. The highest BCUT2D eigenvalue weighted by Gasteiger charge is 2.19. The van der Waals surface area contributed by atoms with Crippen molar-refractivity contribution in [2.45, 2.75) is 32.7 Å². The van der Waals surface area contributed by atoms with Crippen LogP contribution in [0.3, 0.4) is 0 Å². The van der Waals surface area contributed by atoms with E-state index in [-0.39, 0.29) is 11.9 Å². The monoisotopic (exact) mass is 300 g/mol. The van der Waals surface area contributed by atoms with Crippen LogP contribution in [0, 0.1) is 13.8 Å². The Labute approximate surface area is 129 Å². The first kappa shape index (κ1) is 14.4. The second-order valence-corrected chi connectivity index (χ2v) is 5.69. The molecule has 1 fully saturated rings. The van der Waals surface area contributed by atoms with Gasteiger partial charge in [0.2, 0.25) is 5.91 Å². The van der Waals surface area contributed by atoms with Crippen LogP contribution in [0.15, 0.2) is 22.7 Å². The van der Waals surface area contributed by atoms with Crippen LogP contribution >= 0.6 is 0 Å². The molecule has 0 spiro atoms. The minimum atomic E-state index is 0.111. The van der Waals surface area contributed by atoms with E-state index in [4.69, 9.17) is 10.3 Å². The van der Waals surface area contributed by atoms with Crippen molar-refractivity contribution >= 4 is 17.3 Å². The number of nitrogens with one attached hydrogen (secondary N) is 2. The Morgan fingerprint density at radius 2 is 2.23 bits per heavy atom. The third kappa shape index (κ3) is 2.77. The quantitative estimate of drug-likeness (QED) is 0.756. The molecule has 1 aliphatic heterocycles. The number of hydrogen-bond donors (Lipinski definition) is 3. The summed E-state index contributed by atoms with van der Waals surface area (Å²) in [5.74, 6) is 0.896. The summed E-state index contributed by atoms with van der Waals surface area (Å²) in [5, 5.41) is 10.2. The fraction of sp³-hybridized carbons (Fsp3) is 0.375. The van der Waals surface area contributed by atoms with Gasteiger partial charge in [0.1, 0.15) is 5.76 Å². The highest BCUT2D eigenvalue weighted by Crippen LogP contribution is 2.31. The third-order valence-corrected chi connectivity index (χ3v) is 4.00. The van der Waals surface area contributed by atoms with Crippen molar-refractivity contribution in [2.24, 2.45) is 0 Å². The molecule has 22 heavy (non-hydrogen) atoms. The summed E-state index contributed by atoms with van der Waals surface area (Å²) in [4.78, 5) is 11.2. The van der Waals surface area contributed by atoms with Crippen LogP contribution in [-0.2, 0) is 4.79 Å². The first-order valence-corrected chi connectivity index (χ1v) is 7.40. The largest absolute Gasteiger partial charge is 0.397 e. The van der Waals surface area contributed by atoms with E-state index in [1.165, 1.54) is 0 Å². The lowest BCUT2D eigenvalue weighted by molar-refractivity contribution is -0.122. The predicted molar refractivity (Wildman–Crippen MR) is 85.5 cm³/mol. The van der Waals surface area contributed by atoms with E-state index in [1.54, 1.807) is 0 Å². The zero-order chi connectivity index (χ0) is 15.7. The molecule has 6 nitrogen and oxygen atoms in total. The van der Waals surface area contributed by atoms with Gasteiger partial charge in [-0.15, -0.1) is 0 Å². The number of aryl methyl sites for hydroxylation is 2. The van der Waals surface area contributed by atoms with Crippen molar-refractivity contribution in [1.29, 1.82) is 0 Å². The van der Waals surface area contributed by atoms with Gasteiger partial charge in [-0.1, -0.05) is 11.2 Å². The summed E-state index contributed by atoms with van der Waals surface area (Å²) in [6.45, 7) is 4.44. The topological polar surface area (TPSA) is 93.2 Å². The van der Waals surface area contributed by atoms with E-state index in [0.717, 1.165) is 34.7 Å². The van der Waals surface area contributed by atoms with Crippen molar-refractivity contribution in [3.63, 3.8) is 0 Å². The zero-order valence-electron chi connectivity index (χ0n) is 12.8. The van der Waals surface area contributed by atoms with Gasteiger partial charge in [-0.3, -0.25) is 4.79 Å². The molecular formula is C16H20N4O2. The molecular weight excluding hydrogens is 280 g/mol. The Balaban J connectivity index is 1.79. The molecule has 4 N–H and O–H groups in total. The normalized spacial score (nSPS) is 18.1. The number of rotatable bonds is 3. The van der Waals surface area contributed by atoms with Crippen molar-refractivity contribution < 1.29 is 9.32 Å². The van der Waals surface area contributed by atoms with Crippen LogP contribution < -0.4 is 16.4 Å². The smallest absolute Gasteiger partial charge is 0.220 e. The molecule has 2 aromatic rings. The maximum atomic E-state index is 11.2. The Hall–Kier alpha value is -2.50. The number of piperidine rings is 1. The molecule has 1 aliphatic rings. The highest BCUT2D eigenvalue weighted by molar-refractivity contribution is 5.79. The molecule has 116 valence electrons. The summed E-state index contributed by atoms with van der Waals surface area (Å²) in [6.07, 6.45) is 1.37. The second-order valence-electron chi connectivity index (χ2n) is 5.69. The molecule has 1 saturated heterocycles. The number of amides is 1. The lowest BCUT2D eigenvalue weighted by atomic mass is 10.0. The summed E-state index contributed by atoms with van der Waals surface area (Å²) < 4.78 is 5.20. The van der Waals surface area contributed by atoms with E-state index in [9.17, 15) is 4.79 Å². The Kier molecular flexibility index (Phi) is 3.75. The molecule has 0 saturated carbocycles. The average molecular weight is 300 g/mol. The molecule has 3 rings (SSSR count). The first-order chi connectivity index (χ1) is 10.5. The van der Waals surface area contributed by atoms with Crippen molar-refractivity contribution in [1.82, 2.24) is 10.5 Å². The molecule has 0 bridgehead atoms. The van der Waals surface area contributed by atoms with Crippen LogP contribution in [-0.4, -0.2) is 23.7 Å². The molecule has 0 aliphatic carbocycles. The Bertz CT molecular complexity index is 679. The maximum absolute atomic E-state index is 11.2. The fourth-order valence-corrected chi connectivity index (χ4v) is 2.82. The number of hydrogen-bond acceptors (Lipinski definition) is 5. The molecule has 6 heteroatoms. The number of carbonyl (C=O) groups is 1. The van der Waals surface area contributed by atoms with Crippen molar-refractivity contribution in [3.05, 3.63) is 29.7 Å². The first-order valence-electron chi connectivity index (χ1n) is 7.40. The van der Waals surface area contributed by atoms with E-state index < -0.39 is 0 Å². The van der Waals surface area contributed by atoms with Crippen LogP contribution in [0.1, 0.15) is 24.3 Å². The van der Waals surface area contributed by atoms with Crippen LogP contribution in [0.4, 0.5) is 11.4 Å².